The summed E-state index contributed by atoms with van der Waals surface area (Å²) in [6.45, 7) is 4.30. The first-order valence-electron chi connectivity index (χ1n) is 6.44. The van der Waals surface area contributed by atoms with E-state index in [9.17, 15) is 9.59 Å². The summed E-state index contributed by atoms with van der Waals surface area (Å²) in [6.07, 6.45) is 3.36. The Morgan fingerprint density at radius 1 is 1.17 bits per heavy atom. The molecule has 3 nitrogen and oxygen atoms in total. The summed E-state index contributed by atoms with van der Waals surface area (Å²) in [7, 11) is 0. The van der Waals surface area contributed by atoms with E-state index in [4.69, 9.17) is 4.74 Å². The van der Waals surface area contributed by atoms with Crippen LogP contribution in [0.4, 0.5) is 0 Å². The van der Waals surface area contributed by atoms with Crippen LogP contribution in [0.2, 0.25) is 0 Å². The monoisotopic (exact) mass is 268 g/mol. The van der Waals surface area contributed by atoms with Gasteiger partial charge in [0.1, 0.15) is 0 Å². The lowest BCUT2D eigenvalue weighted by Crippen LogP contribution is -2.04. The molecule has 1 aromatic heterocycles. The van der Waals surface area contributed by atoms with E-state index in [1.54, 1.807) is 18.3 Å². The number of aryl methyl sites for hydroxylation is 1. The summed E-state index contributed by atoms with van der Waals surface area (Å²) < 4.78 is 4.83. The van der Waals surface area contributed by atoms with Crippen LogP contribution in [0.5, 0.6) is 0 Å². The Labute approximate surface area is 112 Å². The Bertz CT molecular complexity index is 395. The van der Waals surface area contributed by atoms with E-state index >= 15 is 0 Å². The van der Waals surface area contributed by atoms with Gasteiger partial charge in [-0.3, -0.25) is 9.59 Å². The number of ketones is 1. The second kappa shape index (κ2) is 8.03. The van der Waals surface area contributed by atoms with Gasteiger partial charge in [-0.15, -0.1) is 11.3 Å². The zero-order chi connectivity index (χ0) is 13.4. The molecule has 0 saturated carbocycles. The summed E-state index contributed by atoms with van der Waals surface area (Å²) in [6, 6.07) is 3.91. The number of thiophene rings is 1. The molecule has 0 aliphatic rings. The van der Waals surface area contributed by atoms with Gasteiger partial charge in [-0.2, -0.15) is 0 Å². The molecule has 0 spiro atoms. The highest BCUT2D eigenvalue weighted by atomic mass is 32.1. The first kappa shape index (κ1) is 14.9. The maximum atomic E-state index is 11.8. The van der Waals surface area contributed by atoms with Crippen LogP contribution in [0.1, 0.15) is 54.1 Å². The molecule has 0 unspecified atom stereocenters. The fourth-order valence-electron chi connectivity index (χ4n) is 1.63. The Balaban J connectivity index is 2.23. The van der Waals surface area contributed by atoms with Crippen LogP contribution in [0, 0.1) is 0 Å². The Hall–Kier alpha value is -1.16. The molecular formula is C14H20O3S. The largest absolute Gasteiger partial charge is 0.466 e. The molecule has 4 heteroatoms. The van der Waals surface area contributed by atoms with E-state index in [1.165, 1.54) is 4.88 Å². The molecule has 0 saturated heterocycles. The lowest BCUT2D eigenvalue weighted by Gasteiger charge is -2.01. The minimum atomic E-state index is -0.172. The van der Waals surface area contributed by atoms with Gasteiger partial charge in [0.05, 0.1) is 11.5 Å². The Morgan fingerprint density at radius 3 is 2.50 bits per heavy atom. The molecule has 0 aliphatic carbocycles. The molecule has 1 heterocycles. The Kier molecular flexibility index (Phi) is 6.65. The summed E-state index contributed by atoms with van der Waals surface area (Å²) in [5.74, 6) is 0.0119. The molecule has 0 aromatic carbocycles. The summed E-state index contributed by atoms with van der Waals surface area (Å²) in [5, 5.41) is 0. The average Bonchev–Trinajstić information content (AvgIpc) is 2.83. The van der Waals surface area contributed by atoms with E-state index in [0.717, 1.165) is 24.1 Å². The molecule has 1 rings (SSSR count). The number of ether oxygens (including phenoxy) is 1. The van der Waals surface area contributed by atoms with E-state index in [1.807, 2.05) is 12.1 Å². The standard InChI is InChI=1S/C14H20O3S/c1-3-11-9-10-13(18-11)12(15)7-5-6-8-14(16)17-4-2/h9-10H,3-8H2,1-2H3. The summed E-state index contributed by atoms with van der Waals surface area (Å²) in [4.78, 5) is 25.0. The predicted molar refractivity (Wildman–Crippen MR) is 73.1 cm³/mol. The van der Waals surface area contributed by atoms with Crippen molar-refractivity contribution >= 4 is 23.1 Å². The van der Waals surface area contributed by atoms with Crippen LogP contribution >= 0.6 is 11.3 Å². The van der Waals surface area contributed by atoms with Crippen molar-refractivity contribution in [3.05, 3.63) is 21.9 Å². The van der Waals surface area contributed by atoms with Crippen molar-refractivity contribution in [2.24, 2.45) is 0 Å². The number of Topliss-reactive ketones (excluding diaryl/α,β-unsaturated/α-hetero) is 1. The lowest BCUT2D eigenvalue weighted by atomic mass is 10.1. The van der Waals surface area contributed by atoms with Crippen molar-refractivity contribution in [3.63, 3.8) is 0 Å². The third kappa shape index (κ3) is 5.00. The van der Waals surface area contributed by atoms with Gasteiger partial charge in [-0.25, -0.2) is 0 Å². The van der Waals surface area contributed by atoms with Crippen molar-refractivity contribution in [3.8, 4) is 0 Å². The fourth-order valence-corrected chi connectivity index (χ4v) is 2.54. The van der Waals surface area contributed by atoms with E-state index in [2.05, 4.69) is 6.92 Å². The predicted octanol–water partition coefficient (Wildman–Crippen LogP) is 3.62. The molecular weight excluding hydrogens is 248 g/mol. The smallest absolute Gasteiger partial charge is 0.305 e. The van der Waals surface area contributed by atoms with Crippen LogP contribution < -0.4 is 0 Å². The average molecular weight is 268 g/mol. The van der Waals surface area contributed by atoms with E-state index in [0.29, 0.717) is 19.4 Å². The number of hydrogen-bond acceptors (Lipinski definition) is 4. The SMILES string of the molecule is CCOC(=O)CCCCC(=O)c1ccc(CC)s1. The number of hydrogen-bond donors (Lipinski definition) is 0. The van der Waals surface area contributed by atoms with Gasteiger partial charge < -0.3 is 4.74 Å². The molecule has 0 amide bonds. The van der Waals surface area contributed by atoms with Gasteiger partial charge >= 0.3 is 5.97 Å². The number of esters is 1. The number of rotatable bonds is 8. The maximum Gasteiger partial charge on any atom is 0.305 e. The van der Waals surface area contributed by atoms with Crippen molar-refractivity contribution in [2.45, 2.75) is 46.0 Å². The minimum absolute atomic E-state index is 0.172. The third-order valence-electron chi connectivity index (χ3n) is 2.63. The van der Waals surface area contributed by atoms with Crippen molar-refractivity contribution in [2.75, 3.05) is 6.61 Å². The fraction of sp³-hybridized carbons (Fsp3) is 0.571. The summed E-state index contributed by atoms with van der Waals surface area (Å²) >= 11 is 1.57. The molecule has 0 atom stereocenters. The normalized spacial score (nSPS) is 10.3. The lowest BCUT2D eigenvalue weighted by molar-refractivity contribution is -0.143. The van der Waals surface area contributed by atoms with Crippen LogP contribution in [-0.2, 0) is 16.0 Å². The van der Waals surface area contributed by atoms with Gasteiger partial charge in [0.25, 0.3) is 0 Å². The second-order valence-electron chi connectivity index (χ2n) is 4.05. The van der Waals surface area contributed by atoms with Gasteiger partial charge in [-0.05, 0) is 38.3 Å². The number of unbranched alkanes of at least 4 members (excludes halogenated alkanes) is 1. The zero-order valence-corrected chi connectivity index (χ0v) is 11.8. The molecule has 18 heavy (non-hydrogen) atoms. The molecule has 0 radical (unpaired) electrons. The molecule has 1 aromatic rings. The topological polar surface area (TPSA) is 43.4 Å². The second-order valence-corrected chi connectivity index (χ2v) is 5.22. The van der Waals surface area contributed by atoms with Gasteiger partial charge in [0.15, 0.2) is 5.78 Å². The van der Waals surface area contributed by atoms with Crippen molar-refractivity contribution in [1.82, 2.24) is 0 Å². The molecule has 0 aliphatic heterocycles. The van der Waals surface area contributed by atoms with Crippen molar-refractivity contribution in [1.29, 1.82) is 0 Å². The highest BCUT2D eigenvalue weighted by molar-refractivity contribution is 7.14. The maximum absolute atomic E-state index is 11.8. The van der Waals surface area contributed by atoms with Crippen LogP contribution in [0.25, 0.3) is 0 Å². The zero-order valence-electron chi connectivity index (χ0n) is 11.0. The minimum Gasteiger partial charge on any atom is -0.466 e. The van der Waals surface area contributed by atoms with Gasteiger partial charge in [-0.1, -0.05) is 6.92 Å². The quantitative estimate of drug-likeness (QED) is 0.411. The molecule has 0 fully saturated rings. The summed E-state index contributed by atoms with van der Waals surface area (Å²) in [5.41, 5.74) is 0. The third-order valence-corrected chi connectivity index (χ3v) is 3.90. The molecule has 100 valence electrons. The Morgan fingerprint density at radius 2 is 1.89 bits per heavy atom. The van der Waals surface area contributed by atoms with E-state index < -0.39 is 0 Å². The molecule has 0 bridgehead atoms. The highest BCUT2D eigenvalue weighted by Crippen LogP contribution is 2.19. The van der Waals surface area contributed by atoms with Crippen LogP contribution in [-0.4, -0.2) is 18.4 Å². The first-order chi connectivity index (χ1) is 8.67. The van der Waals surface area contributed by atoms with Crippen molar-refractivity contribution < 1.29 is 14.3 Å². The number of carbonyl (C=O) groups is 2. The van der Waals surface area contributed by atoms with Gasteiger partial charge in [0, 0.05) is 17.7 Å². The number of carbonyl (C=O) groups excluding carboxylic acids is 2. The highest BCUT2D eigenvalue weighted by Gasteiger charge is 2.09. The van der Waals surface area contributed by atoms with E-state index in [-0.39, 0.29) is 11.8 Å². The molecule has 0 N–H and O–H groups in total. The van der Waals surface area contributed by atoms with Crippen LogP contribution in [0.15, 0.2) is 12.1 Å². The van der Waals surface area contributed by atoms with Crippen LogP contribution in [0.3, 0.4) is 0 Å². The van der Waals surface area contributed by atoms with Gasteiger partial charge in [0.2, 0.25) is 0 Å². The first-order valence-corrected chi connectivity index (χ1v) is 7.26.